The van der Waals surface area contributed by atoms with Gasteiger partial charge in [-0.3, -0.25) is 4.79 Å². The summed E-state index contributed by atoms with van der Waals surface area (Å²) < 4.78 is 13.7. The molecule has 0 radical (unpaired) electrons. The molecule has 0 aliphatic carbocycles. The van der Waals surface area contributed by atoms with Crippen molar-refractivity contribution < 1.29 is 9.18 Å². The third-order valence-corrected chi connectivity index (χ3v) is 3.34. The fraction of sp³-hybridized carbons (Fsp3) is 0.462. The lowest BCUT2D eigenvalue weighted by molar-refractivity contribution is -0.119. The lowest BCUT2D eigenvalue weighted by Crippen LogP contribution is -2.31. The first-order chi connectivity index (χ1) is 8.40. The van der Waals surface area contributed by atoms with E-state index in [0.717, 1.165) is 5.56 Å². The minimum Gasteiger partial charge on any atom is -0.353 e. The van der Waals surface area contributed by atoms with Gasteiger partial charge in [-0.2, -0.15) is 0 Å². The summed E-state index contributed by atoms with van der Waals surface area (Å²) in [6.45, 7) is 5.58. The summed E-state index contributed by atoms with van der Waals surface area (Å²) in [6, 6.07) is 4.79. The molecule has 1 atom stereocenters. The summed E-state index contributed by atoms with van der Waals surface area (Å²) in [7, 11) is 0. The average Bonchev–Trinajstić information content (AvgIpc) is 2.26. The summed E-state index contributed by atoms with van der Waals surface area (Å²) >= 11 is 1.19. The fourth-order valence-corrected chi connectivity index (χ4v) is 2.16. The molecule has 0 unspecified atom stereocenters. The molecule has 1 aromatic rings. The van der Waals surface area contributed by atoms with Crippen molar-refractivity contribution in [2.24, 2.45) is 5.73 Å². The van der Waals surface area contributed by atoms with E-state index in [1.54, 1.807) is 19.1 Å². The Balaban J connectivity index is 2.60. The Hall–Kier alpha value is -1.07. The van der Waals surface area contributed by atoms with Crippen LogP contribution < -0.4 is 11.1 Å². The van der Waals surface area contributed by atoms with Crippen molar-refractivity contribution >= 4 is 17.7 Å². The Labute approximate surface area is 111 Å². The molecular formula is C13H19FN2OS. The van der Waals surface area contributed by atoms with E-state index >= 15 is 0 Å². The number of hydrogen-bond acceptors (Lipinski definition) is 3. The largest absolute Gasteiger partial charge is 0.353 e. The predicted molar refractivity (Wildman–Crippen MR) is 73.0 cm³/mol. The van der Waals surface area contributed by atoms with Gasteiger partial charge in [-0.05, 0) is 38.5 Å². The number of amides is 1. The Morgan fingerprint density at radius 2 is 2.11 bits per heavy atom. The zero-order valence-electron chi connectivity index (χ0n) is 10.9. The number of rotatable bonds is 5. The number of carbonyl (C=O) groups excluding carboxylic acids is 1. The topological polar surface area (TPSA) is 55.1 Å². The van der Waals surface area contributed by atoms with Gasteiger partial charge < -0.3 is 11.1 Å². The summed E-state index contributed by atoms with van der Waals surface area (Å²) in [6.07, 6.45) is 0. The first-order valence-corrected chi connectivity index (χ1v) is 6.86. The maximum absolute atomic E-state index is 13.7. The van der Waals surface area contributed by atoms with Crippen LogP contribution in [0.5, 0.6) is 0 Å². The van der Waals surface area contributed by atoms with E-state index in [0.29, 0.717) is 4.90 Å². The summed E-state index contributed by atoms with van der Waals surface area (Å²) in [4.78, 5) is 11.9. The van der Waals surface area contributed by atoms with Crippen molar-refractivity contribution in [2.75, 3.05) is 5.75 Å². The van der Waals surface area contributed by atoms with Crippen LogP contribution in [0.2, 0.25) is 0 Å². The van der Waals surface area contributed by atoms with Crippen molar-refractivity contribution in [1.82, 2.24) is 5.32 Å². The zero-order chi connectivity index (χ0) is 13.7. The first kappa shape index (κ1) is 15.0. The second-order valence-corrected chi connectivity index (χ2v) is 5.51. The van der Waals surface area contributed by atoms with Crippen LogP contribution in [-0.2, 0) is 4.79 Å². The van der Waals surface area contributed by atoms with Gasteiger partial charge in [0.25, 0.3) is 0 Å². The Morgan fingerprint density at radius 3 is 2.61 bits per heavy atom. The van der Waals surface area contributed by atoms with Crippen molar-refractivity contribution in [3.63, 3.8) is 0 Å². The Kier molecular flexibility index (Phi) is 5.62. The first-order valence-electron chi connectivity index (χ1n) is 5.87. The van der Waals surface area contributed by atoms with Crippen LogP contribution in [0.4, 0.5) is 4.39 Å². The lowest BCUT2D eigenvalue weighted by Gasteiger charge is -2.10. The molecule has 0 spiro atoms. The number of halogens is 1. The molecule has 1 amide bonds. The van der Waals surface area contributed by atoms with E-state index in [1.165, 1.54) is 17.8 Å². The molecule has 0 saturated heterocycles. The van der Waals surface area contributed by atoms with Crippen molar-refractivity contribution in [3.8, 4) is 0 Å². The molecule has 100 valence electrons. The predicted octanol–water partition coefficient (Wildman–Crippen LogP) is 2.46. The normalized spacial score (nSPS) is 12.6. The maximum Gasteiger partial charge on any atom is 0.230 e. The van der Waals surface area contributed by atoms with Crippen LogP contribution in [0.25, 0.3) is 0 Å². The van der Waals surface area contributed by atoms with E-state index in [1.807, 2.05) is 13.8 Å². The highest BCUT2D eigenvalue weighted by Crippen LogP contribution is 2.24. The summed E-state index contributed by atoms with van der Waals surface area (Å²) in [5.41, 5.74) is 6.43. The highest BCUT2D eigenvalue weighted by Gasteiger charge is 2.09. The molecular weight excluding hydrogens is 251 g/mol. The molecule has 1 aromatic carbocycles. The Morgan fingerprint density at radius 1 is 1.44 bits per heavy atom. The van der Waals surface area contributed by atoms with Crippen LogP contribution in [0, 0.1) is 5.82 Å². The van der Waals surface area contributed by atoms with Gasteiger partial charge in [0.15, 0.2) is 0 Å². The number of thioether (sulfide) groups is 1. The standard InChI is InChI=1S/C13H19FN2OS/c1-8(2)16-13(17)7-18-12-5-4-10(9(3)15)6-11(12)14/h4-6,8-9H,7,15H2,1-3H3,(H,16,17)/t9-/m0/s1. The minimum atomic E-state index is -0.327. The quantitative estimate of drug-likeness (QED) is 0.808. The molecule has 5 heteroatoms. The molecule has 0 heterocycles. The third kappa shape index (κ3) is 4.66. The molecule has 1 rings (SSSR count). The smallest absolute Gasteiger partial charge is 0.230 e. The molecule has 3 nitrogen and oxygen atoms in total. The van der Waals surface area contributed by atoms with E-state index in [4.69, 9.17) is 5.73 Å². The zero-order valence-corrected chi connectivity index (χ0v) is 11.7. The fourth-order valence-electron chi connectivity index (χ4n) is 1.42. The second-order valence-electron chi connectivity index (χ2n) is 4.49. The van der Waals surface area contributed by atoms with Crippen molar-refractivity contribution in [3.05, 3.63) is 29.6 Å². The molecule has 3 N–H and O–H groups in total. The van der Waals surface area contributed by atoms with Crippen LogP contribution >= 0.6 is 11.8 Å². The molecule has 18 heavy (non-hydrogen) atoms. The highest BCUT2D eigenvalue weighted by molar-refractivity contribution is 8.00. The molecule has 0 aliphatic rings. The van der Waals surface area contributed by atoms with Gasteiger partial charge in [0, 0.05) is 17.0 Å². The number of carbonyl (C=O) groups is 1. The summed E-state index contributed by atoms with van der Waals surface area (Å²) in [5, 5.41) is 2.76. The lowest BCUT2D eigenvalue weighted by atomic mass is 10.1. The average molecular weight is 270 g/mol. The summed E-state index contributed by atoms with van der Waals surface area (Å²) in [5.74, 6) is -0.204. The molecule has 0 fully saturated rings. The monoisotopic (exact) mass is 270 g/mol. The molecule has 0 saturated carbocycles. The number of hydrogen-bond donors (Lipinski definition) is 2. The van der Waals surface area contributed by atoms with Gasteiger partial charge in [0.2, 0.25) is 5.91 Å². The van der Waals surface area contributed by atoms with Gasteiger partial charge in [-0.25, -0.2) is 4.39 Å². The van der Waals surface area contributed by atoms with E-state index in [-0.39, 0.29) is 29.6 Å². The van der Waals surface area contributed by atoms with E-state index < -0.39 is 0 Å². The maximum atomic E-state index is 13.7. The Bertz CT molecular complexity index is 421. The highest BCUT2D eigenvalue weighted by atomic mass is 32.2. The number of nitrogens with two attached hydrogens (primary N) is 1. The van der Waals surface area contributed by atoms with Gasteiger partial charge in [0.1, 0.15) is 5.82 Å². The van der Waals surface area contributed by atoms with E-state index in [9.17, 15) is 9.18 Å². The van der Waals surface area contributed by atoms with E-state index in [2.05, 4.69) is 5.32 Å². The molecule has 0 aromatic heterocycles. The van der Waals surface area contributed by atoms with Crippen molar-refractivity contribution in [1.29, 1.82) is 0 Å². The number of benzene rings is 1. The minimum absolute atomic E-state index is 0.0920. The van der Waals surface area contributed by atoms with Crippen LogP contribution in [0.3, 0.4) is 0 Å². The van der Waals surface area contributed by atoms with Crippen LogP contribution in [-0.4, -0.2) is 17.7 Å². The van der Waals surface area contributed by atoms with Crippen molar-refractivity contribution in [2.45, 2.75) is 37.8 Å². The second kappa shape index (κ2) is 6.75. The SMILES string of the molecule is CC(C)NC(=O)CSc1ccc([C@H](C)N)cc1F. The van der Waals surface area contributed by atoms with Gasteiger partial charge >= 0.3 is 0 Å². The molecule has 0 bridgehead atoms. The van der Waals surface area contributed by atoms with Crippen LogP contribution in [0.15, 0.2) is 23.1 Å². The van der Waals surface area contributed by atoms with Gasteiger partial charge in [-0.15, -0.1) is 11.8 Å². The van der Waals surface area contributed by atoms with Crippen LogP contribution in [0.1, 0.15) is 32.4 Å². The third-order valence-electron chi connectivity index (χ3n) is 2.29. The number of nitrogens with one attached hydrogen (secondary N) is 1. The molecule has 0 aliphatic heterocycles. The van der Waals surface area contributed by atoms with Gasteiger partial charge in [0.05, 0.1) is 5.75 Å². The van der Waals surface area contributed by atoms with Gasteiger partial charge in [-0.1, -0.05) is 6.07 Å².